The number of carbonyl (C=O) groups excluding carboxylic acids is 1. The van der Waals surface area contributed by atoms with Gasteiger partial charge in [-0.25, -0.2) is 0 Å². The first-order valence-corrected chi connectivity index (χ1v) is 6.88. The summed E-state index contributed by atoms with van der Waals surface area (Å²) < 4.78 is 5.27. The van der Waals surface area contributed by atoms with Crippen molar-refractivity contribution in [3.8, 4) is 5.75 Å². The summed E-state index contributed by atoms with van der Waals surface area (Å²) >= 11 is 0. The number of ketones is 1. The first-order valence-electron chi connectivity index (χ1n) is 6.88. The first-order chi connectivity index (χ1) is 10.4. The van der Waals surface area contributed by atoms with Crippen LogP contribution in [-0.2, 0) is 9.59 Å². The molecule has 7 nitrogen and oxygen atoms in total. The van der Waals surface area contributed by atoms with Gasteiger partial charge in [0.15, 0.2) is 5.78 Å². The third-order valence-corrected chi connectivity index (χ3v) is 2.91. The van der Waals surface area contributed by atoms with Crippen molar-refractivity contribution in [3.63, 3.8) is 0 Å². The zero-order valence-corrected chi connectivity index (χ0v) is 12.2. The molecular weight excluding hydrogens is 290 g/mol. The Kier molecular flexibility index (Phi) is 7.04. The molecule has 0 heterocycles. The number of ether oxygens (including phenoxy) is 1. The fraction of sp³-hybridized carbons (Fsp3) is 0.400. The van der Waals surface area contributed by atoms with E-state index < -0.39 is 24.4 Å². The lowest BCUT2D eigenvalue weighted by molar-refractivity contribution is -0.145. The van der Waals surface area contributed by atoms with Gasteiger partial charge >= 0.3 is 11.9 Å². The molecule has 120 valence electrons. The van der Waals surface area contributed by atoms with Crippen LogP contribution in [0.25, 0.3) is 0 Å². The monoisotopic (exact) mass is 309 g/mol. The molecule has 0 saturated heterocycles. The van der Waals surface area contributed by atoms with Crippen molar-refractivity contribution in [2.45, 2.75) is 25.8 Å². The van der Waals surface area contributed by atoms with Crippen molar-refractivity contribution in [1.82, 2.24) is 5.32 Å². The van der Waals surface area contributed by atoms with E-state index in [1.807, 2.05) is 6.92 Å². The van der Waals surface area contributed by atoms with Crippen LogP contribution < -0.4 is 10.1 Å². The number of hydrogen-bond acceptors (Lipinski definition) is 5. The molecule has 3 N–H and O–H groups in total. The Morgan fingerprint density at radius 1 is 1.18 bits per heavy atom. The Balaban J connectivity index is 2.47. The van der Waals surface area contributed by atoms with Crippen molar-refractivity contribution in [2.75, 3.05) is 13.2 Å². The maximum absolute atomic E-state index is 11.9. The molecule has 1 aromatic carbocycles. The summed E-state index contributed by atoms with van der Waals surface area (Å²) in [6.45, 7) is 2.49. The number of carbonyl (C=O) groups is 3. The van der Waals surface area contributed by atoms with Crippen LogP contribution in [0.2, 0.25) is 0 Å². The molecule has 0 bridgehead atoms. The van der Waals surface area contributed by atoms with Gasteiger partial charge in [0.2, 0.25) is 0 Å². The SMILES string of the molecule is CCOc1ccc(C(=O)CCN[C@@H](CC(=O)O)C(=O)O)cc1. The number of Topliss-reactive ketones (excluding diaryl/α,β-unsaturated/α-hetero) is 1. The minimum Gasteiger partial charge on any atom is -0.494 e. The van der Waals surface area contributed by atoms with E-state index in [1.165, 1.54) is 0 Å². The van der Waals surface area contributed by atoms with Crippen molar-refractivity contribution in [2.24, 2.45) is 0 Å². The van der Waals surface area contributed by atoms with Gasteiger partial charge in [-0.1, -0.05) is 0 Å². The Labute approximate surface area is 127 Å². The number of carboxylic acid groups (broad SMARTS) is 2. The number of aliphatic carboxylic acids is 2. The highest BCUT2D eigenvalue weighted by Crippen LogP contribution is 2.13. The molecule has 0 radical (unpaired) electrons. The number of benzene rings is 1. The first kappa shape index (κ1) is 17.6. The van der Waals surface area contributed by atoms with E-state index in [1.54, 1.807) is 24.3 Å². The molecule has 0 aliphatic rings. The highest BCUT2D eigenvalue weighted by molar-refractivity contribution is 5.96. The van der Waals surface area contributed by atoms with Crippen molar-refractivity contribution in [3.05, 3.63) is 29.8 Å². The zero-order valence-electron chi connectivity index (χ0n) is 12.2. The van der Waals surface area contributed by atoms with Crippen LogP contribution in [0.5, 0.6) is 5.75 Å². The number of nitrogens with one attached hydrogen (secondary N) is 1. The summed E-state index contributed by atoms with van der Waals surface area (Å²) in [5.74, 6) is -1.95. The van der Waals surface area contributed by atoms with Gasteiger partial charge in [0, 0.05) is 18.5 Å². The highest BCUT2D eigenvalue weighted by Gasteiger charge is 2.20. The van der Waals surface area contributed by atoms with Gasteiger partial charge in [0.1, 0.15) is 11.8 Å². The topological polar surface area (TPSA) is 113 Å². The third kappa shape index (κ3) is 5.92. The molecule has 0 aromatic heterocycles. The van der Waals surface area contributed by atoms with E-state index in [0.29, 0.717) is 17.9 Å². The summed E-state index contributed by atoms with van der Waals surface area (Å²) in [4.78, 5) is 33.3. The second-order valence-corrected chi connectivity index (χ2v) is 4.57. The van der Waals surface area contributed by atoms with E-state index in [2.05, 4.69) is 5.32 Å². The maximum atomic E-state index is 11.9. The molecule has 1 aromatic rings. The van der Waals surface area contributed by atoms with Gasteiger partial charge in [-0.2, -0.15) is 0 Å². The molecule has 0 saturated carbocycles. The van der Waals surface area contributed by atoms with Gasteiger partial charge in [0.25, 0.3) is 0 Å². The molecule has 0 aliphatic heterocycles. The van der Waals surface area contributed by atoms with Crippen LogP contribution in [0.4, 0.5) is 0 Å². The average Bonchev–Trinajstić information content (AvgIpc) is 2.46. The Bertz CT molecular complexity index is 525. The second kappa shape index (κ2) is 8.78. The summed E-state index contributed by atoms with van der Waals surface area (Å²) in [5, 5.41) is 20.0. The standard InChI is InChI=1S/C15H19NO6/c1-2-22-11-5-3-10(4-6-11)13(17)7-8-16-12(15(20)21)9-14(18)19/h3-6,12,16H,2,7-9H2,1H3,(H,18,19)(H,20,21)/t12-/m0/s1. The molecule has 0 spiro atoms. The summed E-state index contributed by atoms with van der Waals surface area (Å²) in [6, 6.07) is 5.45. The van der Waals surface area contributed by atoms with E-state index in [0.717, 1.165) is 0 Å². The fourth-order valence-corrected chi connectivity index (χ4v) is 1.83. The minimum atomic E-state index is -1.25. The lowest BCUT2D eigenvalue weighted by Gasteiger charge is -2.11. The van der Waals surface area contributed by atoms with E-state index in [4.69, 9.17) is 14.9 Å². The molecule has 0 unspecified atom stereocenters. The number of rotatable bonds is 10. The average molecular weight is 309 g/mol. The predicted octanol–water partition coefficient (Wildman–Crippen LogP) is 1.18. The number of hydrogen-bond donors (Lipinski definition) is 3. The maximum Gasteiger partial charge on any atom is 0.321 e. The van der Waals surface area contributed by atoms with Gasteiger partial charge < -0.3 is 20.3 Å². The van der Waals surface area contributed by atoms with Crippen LogP contribution in [-0.4, -0.2) is 47.1 Å². The van der Waals surface area contributed by atoms with Gasteiger partial charge in [0.05, 0.1) is 13.0 Å². The normalized spacial score (nSPS) is 11.7. The van der Waals surface area contributed by atoms with Crippen molar-refractivity contribution < 1.29 is 29.3 Å². The lowest BCUT2D eigenvalue weighted by atomic mass is 10.1. The smallest absolute Gasteiger partial charge is 0.321 e. The molecule has 0 aliphatic carbocycles. The van der Waals surface area contributed by atoms with E-state index in [9.17, 15) is 14.4 Å². The molecule has 0 amide bonds. The fourth-order valence-electron chi connectivity index (χ4n) is 1.83. The van der Waals surface area contributed by atoms with Crippen LogP contribution in [0.15, 0.2) is 24.3 Å². The predicted molar refractivity (Wildman–Crippen MR) is 78.2 cm³/mol. The minimum absolute atomic E-state index is 0.0807. The summed E-state index contributed by atoms with van der Waals surface area (Å²) in [6.07, 6.45) is -0.454. The molecular formula is C15H19NO6. The highest BCUT2D eigenvalue weighted by atomic mass is 16.5. The van der Waals surface area contributed by atoms with E-state index in [-0.39, 0.29) is 18.7 Å². The number of carboxylic acids is 2. The van der Waals surface area contributed by atoms with Crippen molar-refractivity contribution >= 4 is 17.7 Å². The molecule has 0 fully saturated rings. The molecule has 1 rings (SSSR count). The molecule has 22 heavy (non-hydrogen) atoms. The van der Waals surface area contributed by atoms with Crippen LogP contribution in [0, 0.1) is 0 Å². The second-order valence-electron chi connectivity index (χ2n) is 4.57. The third-order valence-electron chi connectivity index (χ3n) is 2.91. The summed E-state index contributed by atoms with van der Waals surface area (Å²) in [5.41, 5.74) is 0.496. The van der Waals surface area contributed by atoms with E-state index >= 15 is 0 Å². The Hall–Kier alpha value is -2.41. The Morgan fingerprint density at radius 3 is 2.32 bits per heavy atom. The molecule has 7 heteroatoms. The van der Waals surface area contributed by atoms with Gasteiger partial charge in [-0.05, 0) is 31.2 Å². The van der Waals surface area contributed by atoms with Crippen LogP contribution >= 0.6 is 0 Å². The zero-order chi connectivity index (χ0) is 16.5. The quantitative estimate of drug-likeness (QED) is 0.556. The largest absolute Gasteiger partial charge is 0.494 e. The summed E-state index contributed by atoms with van der Waals surface area (Å²) in [7, 11) is 0. The van der Waals surface area contributed by atoms with Crippen molar-refractivity contribution in [1.29, 1.82) is 0 Å². The van der Waals surface area contributed by atoms with Crippen LogP contribution in [0.3, 0.4) is 0 Å². The van der Waals surface area contributed by atoms with Crippen LogP contribution in [0.1, 0.15) is 30.1 Å². The van der Waals surface area contributed by atoms with Gasteiger partial charge in [-0.15, -0.1) is 0 Å². The molecule has 1 atom stereocenters. The van der Waals surface area contributed by atoms with Gasteiger partial charge in [-0.3, -0.25) is 14.4 Å². The lowest BCUT2D eigenvalue weighted by Crippen LogP contribution is -2.39. The Morgan fingerprint density at radius 2 is 1.82 bits per heavy atom.